The average molecular weight is 304 g/mol. The molecule has 0 radical (unpaired) electrons. The Bertz CT molecular complexity index is 770. The van der Waals surface area contributed by atoms with E-state index in [-0.39, 0.29) is 11.4 Å². The van der Waals surface area contributed by atoms with Gasteiger partial charge in [-0.25, -0.2) is 9.37 Å². The first-order valence-corrected chi connectivity index (χ1v) is 7.61. The van der Waals surface area contributed by atoms with E-state index in [4.69, 9.17) is 4.42 Å². The Balaban J connectivity index is 1.84. The van der Waals surface area contributed by atoms with Gasteiger partial charge in [0.2, 0.25) is 5.89 Å². The summed E-state index contributed by atoms with van der Waals surface area (Å²) in [5.41, 5.74) is 0.0176. The van der Waals surface area contributed by atoms with Gasteiger partial charge in [0, 0.05) is 10.2 Å². The highest BCUT2D eigenvalue weighted by molar-refractivity contribution is 7.22. The molecule has 0 atom stereocenters. The number of aromatic nitrogens is 1. The number of rotatable bonds is 3. The fourth-order valence-corrected chi connectivity index (χ4v) is 3.01. The van der Waals surface area contributed by atoms with Gasteiger partial charge < -0.3 is 9.73 Å². The molecule has 0 saturated carbocycles. The van der Waals surface area contributed by atoms with E-state index in [0.717, 1.165) is 20.7 Å². The largest absolute Gasteiger partial charge is 0.438 e. The van der Waals surface area contributed by atoms with E-state index in [1.165, 1.54) is 17.4 Å². The third-order valence-corrected chi connectivity index (χ3v) is 4.16. The molecule has 0 saturated heterocycles. The lowest BCUT2D eigenvalue weighted by atomic mass is 10.1. The molecule has 0 spiro atoms. The molecule has 1 N–H and O–H groups in total. The zero-order valence-electron chi connectivity index (χ0n) is 12.2. The first-order chi connectivity index (χ1) is 9.90. The van der Waals surface area contributed by atoms with Gasteiger partial charge in [0.15, 0.2) is 5.76 Å². The summed E-state index contributed by atoms with van der Waals surface area (Å²) in [5, 5.41) is 4.35. The van der Waals surface area contributed by atoms with E-state index < -0.39 is 0 Å². The van der Waals surface area contributed by atoms with Gasteiger partial charge in [0.25, 0.3) is 0 Å². The van der Waals surface area contributed by atoms with Gasteiger partial charge in [-0.3, -0.25) is 0 Å². The number of oxazole rings is 1. The van der Waals surface area contributed by atoms with Crippen LogP contribution in [-0.4, -0.2) is 10.5 Å². The molecule has 3 nitrogen and oxygen atoms in total. The van der Waals surface area contributed by atoms with Gasteiger partial charge in [0.05, 0.1) is 17.6 Å². The molecule has 0 fully saturated rings. The van der Waals surface area contributed by atoms with Crippen LogP contribution in [0.2, 0.25) is 0 Å². The molecule has 0 bridgehead atoms. The van der Waals surface area contributed by atoms with Crippen LogP contribution in [0.25, 0.3) is 20.7 Å². The summed E-state index contributed by atoms with van der Waals surface area (Å²) in [6, 6.07) is 6.80. The van der Waals surface area contributed by atoms with Crippen LogP contribution in [0.1, 0.15) is 26.7 Å². The minimum Gasteiger partial charge on any atom is -0.438 e. The molecule has 0 unspecified atom stereocenters. The average Bonchev–Trinajstić information content (AvgIpc) is 3.00. The summed E-state index contributed by atoms with van der Waals surface area (Å²) in [4.78, 5) is 5.25. The van der Waals surface area contributed by atoms with Gasteiger partial charge in [-0.15, -0.1) is 11.3 Å². The van der Waals surface area contributed by atoms with Crippen LogP contribution in [0.3, 0.4) is 0 Å². The van der Waals surface area contributed by atoms with Crippen molar-refractivity contribution in [2.75, 3.05) is 0 Å². The topological polar surface area (TPSA) is 38.1 Å². The van der Waals surface area contributed by atoms with Crippen LogP contribution >= 0.6 is 11.3 Å². The Morgan fingerprint density at radius 2 is 2.10 bits per heavy atom. The first kappa shape index (κ1) is 14.2. The van der Waals surface area contributed by atoms with Crippen molar-refractivity contribution in [2.45, 2.75) is 32.9 Å². The summed E-state index contributed by atoms with van der Waals surface area (Å²) < 4.78 is 19.9. The van der Waals surface area contributed by atoms with Crippen LogP contribution in [0.4, 0.5) is 4.39 Å². The summed E-state index contributed by atoms with van der Waals surface area (Å²) in [6.45, 7) is 6.87. The molecule has 3 aromatic rings. The van der Waals surface area contributed by atoms with Gasteiger partial charge in [-0.05, 0) is 44.4 Å². The van der Waals surface area contributed by atoms with E-state index in [2.05, 4.69) is 31.1 Å². The van der Waals surface area contributed by atoms with Crippen molar-refractivity contribution < 1.29 is 8.81 Å². The van der Waals surface area contributed by atoms with E-state index >= 15 is 0 Å². The molecule has 21 heavy (non-hydrogen) atoms. The van der Waals surface area contributed by atoms with Crippen molar-refractivity contribution in [1.82, 2.24) is 10.3 Å². The number of benzene rings is 1. The third-order valence-electron chi connectivity index (χ3n) is 3.05. The Hall–Kier alpha value is -1.72. The smallest absolute Gasteiger partial charge is 0.208 e. The van der Waals surface area contributed by atoms with Crippen molar-refractivity contribution in [3.63, 3.8) is 0 Å². The lowest BCUT2D eigenvalue weighted by Crippen LogP contribution is -2.35. The van der Waals surface area contributed by atoms with Gasteiger partial charge in [-0.1, -0.05) is 6.07 Å². The lowest BCUT2D eigenvalue weighted by Gasteiger charge is -2.18. The third kappa shape index (κ3) is 3.31. The predicted molar refractivity (Wildman–Crippen MR) is 83.9 cm³/mol. The maximum Gasteiger partial charge on any atom is 0.208 e. The maximum absolute atomic E-state index is 13.2. The lowest BCUT2D eigenvalue weighted by molar-refractivity contribution is 0.384. The highest BCUT2D eigenvalue weighted by atomic mass is 32.1. The van der Waals surface area contributed by atoms with E-state index in [0.29, 0.717) is 12.4 Å². The number of fused-ring (bicyclic) bond motifs is 1. The van der Waals surface area contributed by atoms with Crippen LogP contribution in [0, 0.1) is 5.82 Å². The van der Waals surface area contributed by atoms with Gasteiger partial charge in [0.1, 0.15) is 5.82 Å². The molecular weight excluding hydrogens is 287 g/mol. The van der Waals surface area contributed by atoms with Crippen molar-refractivity contribution in [3.8, 4) is 10.6 Å². The molecule has 0 aliphatic heterocycles. The van der Waals surface area contributed by atoms with Crippen LogP contribution in [0.5, 0.6) is 0 Å². The second-order valence-corrected chi connectivity index (χ2v) is 7.10. The Kier molecular flexibility index (Phi) is 3.55. The van der Waals surface area contributed by atoms with Gasteiger partial charge in [-0.2, -0.15) is 0 Å². The number of halogens is 1. The fraction of sp³-hybridized carbons (Fsp3) is 0.312. The molecule has 2 aromatic heterocycles. The second-order valence-electron chi connectivity index (χ2n) is 6.01. The highest BCUT2D eigenvalue weighted by Gasteiger charge is 2.13. The first-order valence-electron chi connectivity index (χ1n) is 6.80. The molecule has 5 heteroatoms. The second kappa shape index (κ2) is 5.24. The number of nitrogens with zero attached hydrogens (tertiary/aromatic N) is 1. The molecular formula is C16H17FN2OS. The van der Waals surface area contributed by atoms with E-state index in [1.54, 1.807) is 18.3 Å². The molecule has 0 aliphatic carbocycles. The minimum absolute atomic E-state index is 0.0176. The number of thiophene rings is 1. The fourth-order valence-electron chi connectivity index (χ4n) is 1.97. The molecule has 2 heterocycles. The summed E-state index contributed by atoms with van der Waals surface area (Å²) in [7, 11) is 0. The summed E-state index contributed by atoms with van der Waals surface area (Å²) in [5.74, 6) is 1.16. The van der Waals surface area contributed by atoms with Crippen molar-refractivity contribution >= 4 is 21.4 Å². The summed E-state index contributed by atoms with van der Waals surface area (Å²) >= 11 is 1.51. The quantitative estimate of drug-likeness (QED) is 0.769. The zero-order chi connectivity index (χ0) is 15.0. The standard InChI is InChI=1S/C16H17FN2OS/c1-16(2,3)19-9-15-18-8-12(20-15)14-6-10-4-5-11(17)7-13(10)21-14/h4-8,19H,9H2,1-3H3. The Labute approximate surface area is 126 Å². The summed E-state index contributed by atoms with van der Waals surface area (Å²) in [6.07, 6.45) is 1.72. The highest BCUT2D eigenvalue weighted by Crippen LogP contribution is 2.34. The van der Waals surface area contributed by atoms with Crippen molar-refractivity contribution in [2.24, 2.45) is 0 Å². The SMILES string of the molecule is CC(C)(C)NCc1ncc(-c2cc3ccc(F)cc3s2)o1. The Morgan fingerprint density at radius 3 is 2.86 bits per heavy atom. The molecule has 1 aromatic carbocycles. The molecule has 3 rings (SSSR count). The van der Waals surface area contributed by atoms with Crippen molar-refractivity contribution in [3.05, 3.63) is 42.2 Å². The monoisotopic (exact) mass is 304 g/mol. The van der Waals surface area contributed by atoms with Crippen LogP contribution < -0.4 is 5.32 Å². The van der Waals surface area contributed by atoms with E-state index in [1.807, 2.05) is 6.07 Å². The van der Waals surface area contributed by atoms with Gasteiger partial charge >= 0.3 is 0 Å². The Morgan fingerprint density at radius 1 is 1.29 bits per heavy atom. The zero-order valence-corrected chi connectivity index (χ0v) is 13.1. The predicted octanol–water partition coefficient (Wildman–Crippen LogP) is 4.58. The molecule has 0 amide bonds. The molecule has 110 valence electrons. The minimum atomic E-state index is -0.219. The van der Waals surface area contributed by atoms with Crippen LogP contribution in [-0.2, 0) is 6.54 Å². The maximum atomic E-state index is 13.2. The molecule has 0 aliphatic rings. The van der Waals surface area contributed by atoms with Crippen molar-refractivity contribution in [1.29, 1.82) is 0 Å². The number of hydrogen-bond donors (Lipinski definition) is 1. The van der Waals surface area contributed by atoms with E-state index in [9.17, 15) is 4.39 Å². The number of nitrogens with one attached hydrogen (secondary N) is 1. The number of hydrogen-bond acceptors (Lipinski definition) is 4. The van der Waals surface area contributed by atoms with Crippen LogP contribution in [0.15, 0.2) is 34.9 Å². The normalized spacial score (nSPS) is 12.2.